The maximum absolute atomic E-state index is 9.53. The van der Waals surface area contributed by atoms with Crippen molar-refractivity contribution >= 4 is 11.6 Å². The minimum atomic E-state index is 0.0762. The number of hydrogen-bond acceptors (Lipinski definition) is 1. The molecule has 0 saturated heterocycles. The Morgan fingerprint density at radius 1 is 1.11 bits per heavy atom. The highest BCUT2D eigenvalue weighted by Crippen LogP contribution is 2.40. The molecular formula is C17H17ClO. The number of phenols is 1. The number of hydrogen-bond donors (Lipinski definition) is 1. The van der Waals surface area contributed by atoms with Crippen molar-refractivity contribution in [1.82, 2.24) is 0 Å². The summed E-state index contributed by atoms with van der Waals surface area (Å²) in [5.74, 6) is 0.776. The largest absolute Gasteiger partial charge is 0.508 e. The first-order valence-corrected chi connectivity index (χ1v) is 7.17. The van der Waals surface area contributed by atoms with Crippen molar-refractivity contribution in [3.8, 4) is 5.75 Å². The summed E-state index contributed by atoms with van der Waals surface area (Å²) in [6.07, 6.45) is 3.14. The Morgan fingerprint density at radius 3 is 2.79 bits per heavy atom. The fourth-order valence-electron chi connectivity index (χ4n) is 2.96. The maximum atomic E-state index is 9.53. The van der Waals surface area contributed by atoms with Crippen LogP contribution in [0.15, 0.2) is 48.5 Å². The van der Waals surface area contributed by atoms with Crippen LogP contribution in [0.5, 0.6) is 5.75 Å². The Labute approximate surface area is 118 Å². The van der Waals surface area contributed by atoms with Gasteiger partial charge in [-0.3, -0.25) is 0 Å². The average Bonchev–Trinajstić information content (AvgIpc) is 2.42. The van der Waals surface area contributed by atoms with E-state index in [1.165, 1.54) is 11.1 Å². The number of rotatable bonds is 2. The molecule has 2 aromatic rings. The van der Waals surface area contributed by atoms with E-state index in [9.17, 15) is 5.11 Å². The second-order valence-corrected chi connectivity index (χ2v) is 5.74. The molecule has 0 fully saturated rings. The van der Waals surface area contributed by atoms with Gasteiger partial charge in [-0.05, 0) is 54.0 Å². The molecule has 2 aromatic carbocycles. The number of fused-ring (bicyclic) bond motifs is 1. The van der Waals surface area contributed by atoms with Crippen LogP contribution in [-0.2, 0) is 12.8 Å². The standard InChI is InChI=1S/C17H17ClO/c18-17-14(10-12-4-3-6-15(19)11-12)9-8-13-5-1-2-7-16(13)17/h1-7,11,14,17,19H,8-10H2. The van der Waals surface area contributed by atoms with Gasteiger partial charge in [-0.1, -0.05) is 36.4 Å². The third-order valence-electron chi connectivity index (χ3n) is 3.96. The number of halogens is 1. The first kappa shape index (κ1) is 12.6. The third-order valence-corrected chi connectivity index (χ3v) is 4.55. The minimum absolute atomic E-state index is 0.0762. The summed E-state index contributed by atoms with van der Waals surface area (Å²) >= 11 is 6.64. The predicted octanol–water partition coefficient (Wildman–Crippen LogP) is 4.48. The van der Waals surface area contributed by atoms with Crippen molar-refractivity contribution in [2.24, 2.45) is 5.92 Å². The first-order valence-electron chi connectivity index (χ1n) is 6.74. The van der Waals surface area contributed by atoms with E-state index in [2.05, 4.69) is 30.3 Å². The molecule has 0 spiro atoms. The number of phenolic OH excluding ortho intramolecular Hbond substituents is 1. The zero-order valence-electron chi connectivity index (χ0n) is 10.7. The molecular weight excluding hydrogens is 256 g/mol. The molecule has 19 heavy (non-hydrogen) atoms. The lowest BCUT2D eigenvalue weighted by Gasteiger charge is -2.29. The summed E-state index contributed by atoms with van der Waals surface area (Å²) in [4.78, 5) is 0. The van der Waals surface area contributed by atoms with Crippen LogP contribution < -0.4 is 0 Å². The molecule has 2 unspecified atom stereocenters. The SMILES string of the molecule is Oc1cccc(CC2CCc3ccccc3C2Cl)c1. The summed E-state index contributed by atoms with van der Waals surface area (Å²) < 4.78 is 0. The van der Waals surface area contributed by atoms with Crippen LogP contribution >= 0.6 is 11.6 Å². The van der Waals surface area contributed by atoms with Crippen LogP contribution in [0.3, 0.4) is 0 Å². The van der Waals surface area contributed by atoms with Crippen LogP contribution in [0.25, 0.3) is 0 Å². The smallest absolute Gasteiger partial charge is 0.115 e. The molecule has 0 saturated carbocycles. The number of aromatic hydroxyl groups is 1. The van der Waals surface area contributed by atoms with Crippen LogP contribution in [-0.4, -0.2) is 5.11 Å². The Kier molecular flexibility index (Phi) is 3.48. The third kappa shape index (κ3) is 2.62. The van der Waals surface area contributed by atoms with Gasteiger partial charge in [0.25, 0.3) is 0 Å². The van der Waals surface area contributed by atoms with Gasteiger partial charge in [0.2, 0.25) is 0 Å². The van der Waals surface area contributed by atoms with Crippen LogP contribution in [0.2, 0.25) is 0 Å². The van der Waals surface area contributed by atoms with Gasteiger partial charge in [0.15, 0.2) is 0 Å². The van der Waals surface area contributed by atoms with Crippen molar-refractivity contribution in [2.75, 3.05) is 0 Å². The van der Waals surface area contributed by atoms with E-state index in [4.69, 9.17) is 11.6 Å². The lowest BCUT2D eigenvalue weighted by atomic mass is 9.80. The van der Waals surface area contributed by atoms with Crippen molar-refractivity contribution in [1.29, 1.82) is 0 Å². The maximum Gasteiger partial charge on any atom is 0.115 e. The highest BCUT2D eigenvalue weighted by molar-refractivity contribution is 6.21. The second kappa shape index (κ2) is 5.26. The molecule has 2 atom stereocenters. The molecule has 0 radical (unpaired) electrons. The monoisotopic (exact) mass is 272 g/mol. The topological polar surface area (TPSA) is 20.2 Å². The van der Waals surface area contributed by atoms with E-state index < -0.39 is 0 Å². The number of alkyl halides is 1. The zero-order chi connectivity index (χ0) is 13.2. The minimum Gasteiger partial charge on any atom is -0.508 e. The molecule has 0 amide bonds. The number of benzene rings is 2. The van der Waals surface area contributed by atoms with Gasteiger partial charge in [0.1, 0.15) is 5.75 Å². The molecule has 0 heterocycles. The average molecular weight is 273 g/mol. The van der Waals surface area contributed by atoms with Gasteiger partial charge in [-0.2, -0.15) is 0 Å². The quantitative estimate of drug-likeness (QED) is 0.800. The van der Waals surface area contributed by atoms with Crippen molar-refractivity contribution in [3.05, 3.63) is 65.2 Å². The Balaban J connectivity index is 1.81. The van der Waals surface area contributed by atoms with Crippen LogP contribution in [0.1, 0.15) is 28.5 Å². The summed E-state index contributed by atoms with van der Waals surface area (Å²) in [5, 5.41) is 9.61. The van der Waals surface area contributed by atoms with E-state index in [-0.39, 0.29) is 5.38 Å². The van der Waals surface area contributed by atoms with Crippen molar-refractivity contribution < 1.29 is 5.11 Å². The van der Waals surface area contributed by atoms with Gasteiger partial charge >= 0.3 is 0 Å². The van der Waals surface area contributed by atoms with Gasteiger partial charge < -0.3 is 5.11 Å². The first-order chi connectivity index (χ1) is 9.24. The van der Waals surface area contributed by atoms with Gasteiger partial charge in [0.05, 0.1) is 5.38 Å². The second-order valence-electron chi connectivity index (χ2n) is 5.27. The molecule has 2 heteroatoms. The molecule has 0 bridgehead atoms. The van der Waals surface area contributed by atoms with Crippen LogP contribution in [0, 0.1) is 5.92 Å². The van der Waals surface area contributed by atoms with Gasteiger partial charge in [-0.15, -0.1) is 11.6 Å². The summed E-state index contributed by atoms with van der Waals surface area (Å²) in [6.45, 7) is 0. The van der Waals surface area contributed by atoms with Crippen molar-refractivity contribution in [2.45, 2.75) is 24.6 Å². The van der Waals surface area contributed by atoms with E-state index in [1.807, 2.05) is 12.1 Å². The molecule has 1 aliphatic carbocycles. The number of aryl methyl sites for hydroxylation is 1. The summed E-state index contributed by atoms with van der Waals surface area (Å²) in [6, 6.07) is 16.0. The summed E-state index contributed by atoms with van der Waals surface area (Å²) in [7, 11) is 0. The molecule has 1 N–H and O–H groups in total. The predicted molar refractivity (Wildman–Crippen MR) is 78.7 cm³/mol. The Morgan fingerprint density at radius 2 is 1.95 bits per heavy atom. The van der Waals surface area contributed by atoms with E-state index in [0.29, 0.717) is 11.7 Å². The van der Waals surface area contributed by atoms with E-state index >= 15 is 0 Å². The highest BCUT2D eigenvalue weighted by Gasteiger charge is 2.27. The lowest BCUT2D eigenvalue weighted by Crippen LogP contribution is -2.19. The molecule has 1 aliphatic rings. The Bertz CT molecular complexity index is 579. The highest BCUT2D eigenvalue weighted by atomic mass is 35.5. The van der Waals surface area contributed by atoms with E-state index in [0.717, 1.165) is 24.8 Å². The fraction of sp³-hybridized carbons (Fsp3) is 0.294. The van der Waals surface area contributed by atoms with Gasteiger partial charge in [-0.25, -0.2) is 0 Å². The molecule has 3 rings (SSSR count). The molecule has 0 aliphatic heterocycles. The normalized spacial score (nSPS) is 21.9. The van der Waals surface area contributed by atoms with Gasteiger partial charge in [0, 0.05) is 0 Å². The molecule has 1 nitrogen and oxygen atoms in total. The fourth-order valence-corrected chi connectivity index (χ4v) is 3.39. The van der Waals surface area contributed by atoms with E-state index in [1.54, 1.807) is 6.07 Å². The summed E-state index contributed by atoms with van der Waals surface area (Å²) in [5.41, 5.74) is 3.82. The molecule has 98 valence electrons. The van der Waals surface area contributed by atoms with Crippen LogP contribution in [0.4, 0.5) is 0 Å². The van der Waals surface area contributed by atoms with Crippen molar-refractivity contribution in [3.63, 3.8) is 0 Å². The Hall–Kier alpha value is -1.47. The molecule has 0 aromatic heterocycles. The zero-order valence-corrected chi connectivity index (χ0v) is 11.5. The lowest BCUT2D eigenvalue weighted by molar-refractivity contribution is 0.439.